The number of amides is 2. The van der Waals surface area contributed by atoms with E-state index >= 15 is 0 Å². The summed E-state index contributed by atoms with van der Waals surface area (Å²) in [6, 6.07) is 7.12. The van der Waals surface area contributed by atoms with Crippen molar-refractivity contribution >= 4 is 17.5 Å². The van der Waals surface area contributed by atoms with Crippen LogP contribution in [0.4, 0.5) is 18.9 Å². The number of hydrogen-bond acceptors (Lipinski definition) is 2. The van der Waals surface area contributed by atoms with Gasteiger partial charge in [0.05, 0.1) is 11.3 Å². The third-order valence-electron chi connectivity index (χ3n) is 3.44. The van der Waals surface area contributed by atoms with E-state index in [4.69, 9.17) is 0 Å². The number of nitrogens with one attached hydrogen (secondary N) is 2. The minimum absolute atomic E-state index is 0.0551. The van der Waals surface area contributed by atoms with Gasteiger partial charge in [0.2, 0.25) is 5.91 Å². The minimum atomic E-state index is -0.954. The lowest BCUT2D eigenvalue weighted by Crippen LogP contribution is -2.26. The van der Waals surface area contributed by atoms with E-state index < -0.39 is 29.3 Å². The van der Waals surface area contributed by atoms with Crippen LogP contribution in [0.25, 0.3) is 0 Å². The topological polar surface area (TPSA) is 58.2 Å². The molecule has 0 unspecified atom stereocenters. The van der Waals surface area contributed by atoms with Crippen molar-refractivity contribution in [3.8, 4) is 0 Å². The summed E-state index contributed by atoms with van der Waals surface area (Å²) in [5.74, 6) is -3.33. The monoisotopic (exact) mass is 350 g/mol. The Morgan fingerprint density at radius 3 is 2.44 bits per heavy atom. The number of hydrogen-bond donors (Lipinski definition) is 2. The highest BCUT2D eigenvalue weighted by atomic mass is 19.1. The molecule has 0 saturated carbocycles. The number of anilines is 1. The molecule has 4 nitrogen and oxygen atoms in total. The lowest BCUT2D eigenvalue weighted by molar-refractivity contribution is -0.116. The number of rotatable bonds is 6. The maximum absolute atomic E-state index is 13.6. The largest absolute Gasteiger partial charge is 0.352 e. The molecule has 2 rings (SSSR count). The highest BCUT2D eigenvalue weighted by Gasteiger charge is 2.12. The van der Waals surface area contributed by atoms with E-state index in [1.807, 2.05) is 0 Å². The zero-order valence-electron chi connectivity index (χ0n) is 13.5. The molecule has 2 aromatic rings. The average molecular weight is 350 g/mol. The van der Waals surface area contributed by atoms with Crippen molar-refractivity contribution < 1.29 is 22.8 Å². The van der Waals surface area contributed by atoms with Gasteiger partial charge in [-0.25, -0.2) is 13.2 Å². The summed E-state index contributed by atoms with van der Waals surface area (Å²) in [4.78, 5) is 23.5. The Bertz CT molecular complexity index is 794. The van der Waals surface area contributed by atoms with Gasteiger partial charge in [0.1, 0.15) is 17.5 Å². The summed E-state index contributed by atoms with van der Waals surface area (Å²) in [6.07, 6.45) is 0.341. The first kappa shape index (κ1) is 18.5. The quantitative estimate of drug-likeness (QED) is 0.783. The smallest absolute Gasteiger partial charge is 0.254 e. The van der Waals surface area contributed by atoms with Crippen molar-refractivity contribution in [3.05, 3.63) is 65.0 Å². The second-order valence-corrected chi connectivity index (χ2v) is 5.52. The second-order valence-electron chi connectivity index (χ2n) is 5.52. The fraction of sp³-hybridized carbons (Fsp3) is 0.222. The van der Waals surface area contributed by atoms with Gasteiger partial charge < -0.3 is 10.6 Å². The zero-order valence-corrected chi connectivity index (χ0v) is 13.5. The molecule has 0 aliphatic rings. The first-order chi connectivity index (χ1) is 11.9. The normalized spacial score (nSPS) is 10.4. The molecule has 0 fully saturated rings. The maximum Gasteiger partial charge on any atom is 0.254 e. The summed E-state index contributed by atoms with van der Waals surface area (Å²) in [6.45, 7) is 1.86. The molecule has 25 heavy (non-hydrogen) atoms. The highest BCUT2D eigenvalue weighted by Crippen LogP contribution is 2.15. The summed E-state index contributed by atoms with van der Waals surface area (Å²) in [7, 11) is 0. The van der Waals surface area contributed by atoms with E-state index in [1.54, 1.807) is 13.0 Å². The molecule has 7 heteroatoms. The Balaban J connectivity index is 1.76. The van der Waals surface area contributed by atoms with Crippen molar-refractivity contribution in [2.24, 2.45) is 0 Å². The van der Waals surface area contributed by atoms with E-state index in [9.17, 15) is 22.8 Å². The van der Waals surface area contributed by atoms with Crippen LogP contribution in [0.3, 0.4) is 0 Å². The maximum atomic E-state index is 13.6. The molecule has 132 valence electrons. The van der Waals surface area contributed by atoms with Crippen molar-refractivity contribution in [1.29, 1.82) is 0 Å². The number of benzene rings is 2. The van der Waals surface area contributed by atoms with Crippen LogP contribution in [-0.4, -0.2) is 18.4 Å². The molecule has 0 heterocycles. The fourth-order valence-corrected chi connectivity index (χ4v) is 2.15. The molecule has 0 saturated heterocycles. The van der Waals surface area contributed by atoms with Gasteiger partial charge in [-0.05, 0) is 43.2 Å². The Hall–Kier alpha value is -2.83. The Kier molecular flexibility index (Phi) is 6.16. The molecular formula is C18H17F3N2O2. The van der Waals surface area contributed by atoms with E-state index in [1.165, 1.54) is 12.1 Å². The summed E-state index contributed by atoms with van der Waals surface area (Å²) in [5.41, 5.74) is 0.562. The van der Waals surface area contributed by atoms with Crippen LogP contribution in [0.1, 0.15) is 28.8 Å². The first-order valence-corrected chi connectivity index (χ1v) is 7.66. The molecule has 0 radical (unpaired) electrons. The molecule has 0 spiro atoms. The van der Waals surface area contributed by atoms with Gasteiger partial charge in [0.25, 0.3) is 5.91 Å². The molecule has 2 N–H and O–H groups in total. The zero-order chi connectivity index (χ0) is 18.4. The fourth-order valence-electron chi connectivity index (χ4n) is 2.15. The molecule has 0 aliphatic carbocycles. The van der Waals surface area contributed by atoms with Crippen LogP contribution < -0.4 is 10.6 Å². The van der Waals surface area contributed by atoms with Crippen LogP contribution in [0.5, 0.6) is 0 Å². The Morgan fingerprint density at radius 2 is 1.76 bits per heavy atom. The predicted octanol–water partition coefficient (Wildman–Crippen LogP) is 3.56. The Morgan fingerprint density at radius 1 is 1.00 bits per heavy atom. The van der Waals surface area contributed by atoms with Crippen LogP contribution >= 0.6 is 0 Å². The van der Waals surface area contributed by atoms with Gasteiger partial charge in [-0.3, -0.25) is 9.59 Å². The number of aryl methyl sites for hydroxylation is 1. The molecule has 2 aromatic carbocycles. The minimum Gasteiger partial charge on any atom is -0.352 e. The predicted molar refractivity (Wildman–Crippen MR) is 87.7 cm³/mol. The molecule has 0 bridgehead atoms. The second kappa shape index (κ2) is 8.32. The standard InChI is InChI=1S/C18H17F3N2O2/c1-11-4-7-16(15(21)9-11)23-17(24)3-2-8-22-18(25)13-6-5-12(19)10-14(13)20/h4-7,9-10H,2-3,8H2,1H3,(H,22,25)(H,23,24). The summed E-state index contributed by atoms with van der Waals surface area (Å²) in [5, 5.41) is 4.89. The third-order valence-corrected chi connectivity index (χ3v) is 3.44. The van der Waals surface area contributed by atoms with Crippen molar-refractivity contribution in [2.45, 2.75) is 19.8 Å². The van der Waals surface area contributed by atoms with Gasteiger partial charge in [0.15, 0.2) is 0 Å². The molecule has 0 atom stereocenters. The van der Waals surface area contributed by atoms with Crippen LogP contribution in [0.2, 0.25) is 0 Å². The number of carbonyl (C=O) groups is 2. The highest BCUT2D eigenvalue weighted by molar-refractivity contribution is 5.94. The Labute approximate surface area is 143 Å². The van der Waals surface area contributed by atoms with Crippen molar-refractivity contribution in [2.75, 3.05) is 11.9 Å². The van der Waals surface area contributed by atoms with Crippen molar-refractivity contribution in [3.63, 3.8) is 0 Å². The van der Waals surface area contributed by atoms with Gasteiger partial charge in [0, 0.05) is 19.0 Å². The van der Waals surface area contributed by atoms with Crippen LogP contribution in [0.15, 0.2) is 36.4 Å². The molecule has 0 aliphatic heterocycles. The van der Waals surface area contributed by atoms with Gasteiger partial charge in [-0.1, -0.05) is 6.07 Å². The van der Waals surface area contributed by atoms with E-state index in [0.717, 1.165) is 17.7 Å². The first-order valence-electron chi connectivity index (χ1n) is 7.66. The number of halogens is 3. The van der Waals surface area contributed by atoms with E-state index in [-0.39, 0.29) is 30.6 Å². The molecule has 2 amide bonds. The van der Waals surface area contributed by atoms with E-state index in [2.05, 4.69) is 10.6 Å². The van der Waals surface area contributed by atoms with Gasteiger partial charge in [-0.2, -0.15) is 0 Å². The molecule has 0 aromatic heterocycles. The van der Waals surface area contributed by atoms with Crippen LogP contribution in [0, 0.1) is 24.4 Å². The summed E-state index contributed by atoms with van der Waals surface area (Å²) < 4.78 is 39.9. The summed E-state index contributed by atoms with van der Waals surface area (Å²) >= 11 is 0. The molecular weight excluding hydrogens is 333 g/mol. The van der Waals surface area contributed by atoms with Gasteiger partial charge >= 0.3 is 0 Å². The van der Waals surface area contributed by atoms with Crippen molar-refractivity contribution in [1.82, 2.24) is 5.32 Å². The van der Waals surface area contributed by atoms with E-state index in [0.29, 0.717) is 6.07 Å². The lowest BCUT2D eigenvalue weighted by Gasteiger charge is -2.08. The van der Waals surface area contributed by atoms with Gasteiger partial charge in [-0.15, -0.1) is 0 Å². The number of carbonyl (C=O) groups excluding carboxylic acids is 2. The lowest BCUT2D eigenvalue weighted by atomic mass is 10.2. The average Bonchev–Trinajstić information content (AvgIpc) is 2.54. The SMILES string of the molecule is Cc1ccc(NC(=O)CCCNC(=O)c2ccc(F)cc2F)c(F)c1. The van der Waals surface area contributed by atoms with Crippen LogP contribution in [-0.2, 0) is 4.79 Å². The third kappa shape index (κ3) is 5.34.